The van der Waals surface area contributed by atoms with E-state index in [9.17, 15) is 4.79 Å². The van der Waals surface area contributed by atoms with Crippen LogP contribution >= 0.6 is 0 Å². The van der Waals surface area contributed by atoms with E-state index in [1.54, 1.807) is 32.4 Å². The van der Waals surface area contributed by atoms with E-state index in [0.29, 0.717) is 22.8 Å². The molecular formula is C21H20N2O4. The molecule has 6 nitrogen and oxygen atoms in total. The number of rotatable bonds is 7. The van der Waals surface area contributed by atoms with Crippen LogP contribution in [0, 0.1) is 0 Å². The van der Waals surface area contributed by atoms with Crippen LogP contribution in [0.1, 0.15) is 5.56 Å². The summed E-state index contributed by atoms with van der Waals surface area (Å²) in [4.78, 5) is 12.0. The lowest BCUT2D eigenvalue weighted by molar-refractivity contribution is -0.123. The van der Waals surface area contributed by atoms with E-state index in [1.165, 1.54) is 6.21 Å². The van der Waals surface area contributed by atoms with Crippen LogP contribution in [0.2, 0.25) is 0 Å². The number of fused-ring (bicyclic) bond motifs is 1. The topological polar surface area (TPSA) is 69.2 Å². The van der Waals surface area contributed by atoms with Gasteiger partial charge in [-0.2, -0.15) is 5.10 Å². The molecule has 0 heterocycles. The number of benzene rings is 3. The van der Waals surface area contributed by atoms with Crippen molar-refractivity contribution in [3.63, 3.8) is 0 Å². The number of ether oxygens (including phenoxy) is 3. The molecule has 0 unspecified atom stereocenters. The van der Waals surface area contributed by atoms with E-state index in [4.69, 9.17) is 14.2 Å². The molecule has 0 aliphatic carbocycles. The summed E-state index contributed by atoms with van der Waals surface area (Å²) in [6.07, 6.45) is 1.50. The molecule has 1 N–H and O–H groups in total. The SMILES string of the molecule is COc1ccc(OC)c(/C=N/NC(=O)COc2cccc3ccccc23)c1. The maximum absolute atomic E-state index is 12.0. The number of methoxy groups -OCH3 is 2. The number of nitrogens with one attached hydrogen (secondary N) is 1. The monoisotopic (exact) mass is 364 g/mol. The van der Waals surface area contributed by atoms with Gasteiger partial charge in [0, 0.05) is 10.9 Å². The van der Waals surface area contributed by atoms with Crippen molar-refractivity contribution < 1.29 is 19.0 Å². The molecule has 0 aromatic heterocycles. The lowest BCUT2D eigenvalue weighted by Gasteiger charge is -2.08. The van der Waals surface area contributed by atoms with Crippen LogP contribution in [0.5, 0.6) is 17.2 Å². The van der Waals surface area contributed by atoms with Gasteiger partial charge < -0.3 is 14.2 Å². The molecular weight excluding hydrogens is 344 g/mol. The number of hydrazone groups is 1. The van der Waals surface area contributed by atoms with Gasteiger partial charge in [-0.25, -0.2) is 5.43 Å². The highest BCUT2D eigenvalue weighted by Gasteiger charge is 2.06. The summed E-state index contributed by atoms with van der Waals surface area (Å²) in [5.74, 6) is 1.59. The van der Waals surface area contributed by atoms with E-state index in [0.717, 1.165) is 10.8 Å². The summed E-state index contributed by atoms with van der Waals surface area (Å²) >= 11 is 0. The third kappa shape index (κ3) is 4.55. The summed E-state index contributed by atoms with van der Waals surface area (Å²) in [6.45, 7) is -0.138. The first-order valence-corrected chi connectivity index (χ1v) is 8.36. The van der Waals surface area contributed by atoms with Gasteiger partial charge >= 0.3 is 0 Å². The van der Waals surface area contributed by atoms with Crippen molar-refractivity contribution in [1.82, 2.24) is 5.43 Å². The Morgan fingerprint density at radius 2 is 1.81 bits per heavy atom. The molecule has 0 spiro atoms. The lowest BCUT2D eigenvalue weighted by atomic mass is 10.1. The fraction of sp³-hybridized carbons (Fsp3) is 0.143. The first kappa shape index (κ1) is 18.3. The highest BCUT2D eigenvalue weighted by Crippen LogP contribution is 2.25. The Morgan fingerprint density at radius 1 is 1.00 bits per heavy atom. The van der Waals surface area contributed by atoms with E-state index in [1.807, 2.05) is 42.5 Å². The molecule has 3 aromatic rings. The standard InChI is InChI=1S/C21H20N2O4/c1-25-17-10-11-19(26-2)16(12-17)13-22-23-21(24)14-27-20-9-5-7-15-6-3-4-8-18(15)20/h3-13H,14H2,1-2H3,(H,23,24)/b22-13+. The fourth-order valence-electron chi connectivity index (χ4n) is 2.61. The minimum atomic E-state index is -0.360. The van der Waals surface area contributed by atoms with Crippen LogP contribution in [0.3, 0.4) is 0 Å². The molecule has 27 heavy (non-hydrogen) atoms. The maximum atomic E-state index is 12.0. The molecule has 0 bridgehead atoms. The predicted octanol–water partition coefficient (Wildman–Crippen LogP) is 3.39. The smallest absolute Gasteiger partial charge is 0.277 e. The average Bonchev–Trinajstić information content (AvgIpc) is 2.72. The highest BCUT2D eigenvalue weighted by atomic mass is 16.5. The molecule has 138 valence electrons. The Kier molecular flexibility index (Phi) is 5.89. The second-order valence-corrected chi connectivity index (χ2v) is 5.67. The van der Waals surface area contributed by atoms with Gasteiger partial charge in [0.1, 0.15) is 17.2 Å². The molecule has 0 aliphatic rings. The normalized spacial score (nSPS) is 10.7. The van der Waals surface area contributed by atoms with Crippen molar-refractivity contribution in [2.45, 2.75) is 0 Å². The quantitative estimate of drug-likeness (QED) is 0.515. The van der Waals surface area contributed by atoms with Gasteiger partial charge in [-0.1, -0.05) is 36.4 Å². The van der Waals surface area contributed by atoms with Crippen LogP contribution in [0.15, 0.2) is 65.8 Å². The second-order valence-electron chi connectivity index (χ2n) is 5.67. The Labute approximate surface area is 157 Å². The molecule has 0 aliphatic heterocycles. The highest BCUT2D eigenvalue weighted by molar-refractivity contribution is 5.89. The van der Waals surface area contributed by atoms with Gasteiger partial charge in [0.15, 0.2) is 6.61 Å². The molecule has 0 atom stereocenters. The van der Waals surface area contributed by atoms with E-state index in [2.05, 4.69) is 10.5 Å². The molecule has 0 saturated heterocycles. The number of nitrogens with zero attached hydrogens (tertiary/aromatic N) is 1. The van der Waals surface area contributed by atoms with Crippen LogP contribution in [0.4, 0.5) is 0 Å². The first-order valence-electron chi connectivity index (χ1n) is 8.36. The van der Waals surface area contributed by atoms with Crippen LogP contribution < -0.4 is 19.6 Å². The molecule has 6 heteroatoms. The molecule has 3 aromatic carbocycles. The summed E-state index contributed by atoms with van der Waals surface area (Å²) < 4.78 is 16.1. The van der Waals surface area contributed by atoms with Crippen molar-refractivity contribution in [2.75, 3.05) is 20.8 Å². The summed E-state index contributed by atoms with van der Waals surface area (Å²) in [5, 5.41) is 5.97. The molecule has 1 amide bonds. The number of carbonyl (C=O) groups is 1. The average molecular weight is 364 g/mol. The number of hydrogen-bond donors (Lipinski definition) is 1. The van der Waals surface area contributed by atoms with Crippen LogP contribution in [-0.4, -0.2) is 32.9 Å². The second kappa shape index (κ2) is 8.71. The fourth-order valence-corrected chi connectivity index (χ4v) is 2.61. The zero-order valence-electron chi connectivity index (χ0n) is 15.1. The van der Waals surface area contributed by atoms with E-state index < -0.39 is 0 Å². The van der Waals surface area contributed by atoms with Gasteiger partial charge in [-0.05, 0) is 29.7 Å². The number of hydrogen-bond acceptors (Lipinski definition) is 5. The maximum Gasteiger partial charge on any atom is 0.277 e. The summed E-state index contributed by atoms with van der Waals surface area (Å²) in [5.41, 5.74) is 3.13. The van der Waals surface area contributed by atoms with Gasteiger partial charge in [0.05, 0.1) is 20.4 Å². The Morgan fingerprint density at radius 3 is 2.63 bits per heavy atom. The largest absolute Gasteiger partial charge is 0.497 e. The zero-order valence-corrected chi connectivity index (χ0v) is 15.1. The zero-order chi connectivity index (χ0) is 19.1. The van der Waals surface area contributed by atoms with E-state index in [-0.39, 0.29) is 12.5 Å². The molecule has 0 fully saturated rings. The summed E-state index contributed by atoms with van der Waals surface area (Å²) in [6, 6.07) is 18.9. The number of carbonyl (C=O) groups excluding carboxylic acids is 1. The molecule has 0 radical (unpaired) electrons. The number of amides is 1. The molecule has 0 saturated carbocycles. The lowest BCUT2D eigenvalue weighted by Crippen LogP contribution is -2.24. The third-order valence-electron chi connectivity index (χ3n) is 3.94. The van der Waals surface area contributed by atoms with Crippen LogP contribution in [0.25, 0.3) is 10.8 Å². The van der Waals surface area contributed by atoms with Crippen LogP contribution in [-0.2, 0) is 4.79 Å². The van der Waals surface area contributed by atoms with E-state index >= 15 is 0 Å². The minimum absolute atomic E-state index is 0.138. The minimum Gasteiger partial charge on any atom is -0.497 e. The van der Waals surface area contributed by atoms with Crippen molar-refractivity contribution in [3.05, 3.63) is 66.2 Å². The van der Waals surface area contributed by atoms with Crippen molar-refractivity contribution in [2.24, 2.45) is 5.10 Å². The first-order chi connectivity index (χ1) is 13.2. The van der Waals surface area contributed by atoms with Gasteiger partial charge in [0.2, 0.25) is 0 Å². The molecule has 3 rings (SSSR count). The van der Waals surface area contributed by atoms with Crippen molar-refractivity contribution in [1.29, 1.82) is 0 Å². The van der Waals surface area contributed by atoms with Gasteiger partial charge in [-0.3, -0.25) is 4.79 Å². The third-order valence-corrected chi connectivity index (χ3v) is 3.94. The Balaban J connectivity index is 1.61. The predicted molar refractivity (Wildman–Crippen MR) is 105 cm³/mol. The Hall–Kier alpha value is -3.54. The van der Waals surface area contributed by atoms with Gasteiger partial charge in [-0.15, -0.1) is 0 Å². The Bertz CT molecular complexity index is 964. The van der Waals surface area contributed by atoms with Gasteiger partial charge in [0.25, 0.3) is 5.91 Å². The summed E-state index contributed by atoms with van der Waals surface area (Å²) in [7, 11) is 3.14. The van der Waals surface area contributed by atoms with Crippen molar-refractivity contribution in [3.8, 4) is 17.2 Å². The van der Waals surface area contributed by atoms with Crippen molar-refractivity contribution >= 4 is 22.9 Å².